The number of rotatable bonds is 2. The van der Waals surface area contributed by atoms with Crippen LogP contribution >= 0.6 is 0 Å². The van der Waals surface area contributed by atoms with Crippen LogP contribution in [-0.2, 0) is 4.79 Å². The summed E-state index contributed by atoms with van der Waals surface area (Å²) in [6, 6.07) is 13.2. The first-order valence-corrected chi connectivity index (χ1v) is 6.93. The molecule has 5 heteroatoms. The third-order valence-corrected chi connectivity index (χ3v) is 3.78. The summed E-state index contributed by atoms with van der Waals surface area (Å²) in [6.45, 7) is 0. The van der Waals surface area contributed by atoms with E-state index in [1.54, 1.807) is 12.3 Å². The van der Waals surface area contributed by atoms with Crippen molar-refractivity contribution in [3.63, 3.8) is 0 Å². The van der Waals surface area contributed by atoms with Gasteiger partial charge < -0.3 is 10.6 Å². The Labute approximate surface area is 126 Å². The molecule has 4 rings (SSSR count). The minimum absolute atomic E-state index is 0.200. The summed E-state index contributed by atoms with van der Waals surface area (Å²) in [5.74, 6) is -0.563. The number of nitrogens with zero attached hydrogens (tertiary/aromatic N) is 1. The van der Waals surface area contributed by atoms with Crippen LogP contribution in [0, 0.1) is 5.82 Å². The Bertz CT molecular complexity index is 889. The normalized spacial score (nSPS) is 16.4. The number of carbonyl (C=O) groups excluding carboxylic acids is 1. The zero-order valence-corrected chi connectivity index (χ0v) is 11.5. The lowest BCUT2D eigenvalue weighted by Gasteiger charge is -2.14. The van der Waals surface area contributed by atoms with Crippen molar-refractivity contribution in [2.75, 3.05) is 10.6 Å². The number of para-hydroxylation sites is 1. The van der Waals surface area contributed by atoms with Crippen LogP contribution in [0.15, 0.2) is 54.7 Å². The second kappa shape index (κ2) is 4.80. The standard InChI is InChI=1S/C17H12FN3O/c18-11-6-7-13-12(9-11)16(17(22)21-13)20-14-5-1-3-10-4-2-8-19-15(10)14/h1-9,16,20H,(H,21,22). The van der Waals surface area contributed by atoms with Gasteiger partial charge in [0.25, 0.3) is 5.91 Å². The highest BCUT2D eigenvalue weighted by molar-refractivity contribution is 6.05. The molecular weight excluding hydrogens is 281 g/mol. The van der Waals surface area contributed by atoms with Gasteiger partial charge >= 0.3 is 0 Å². The quantitative estimate of drug-likeness (QED) is 0.760. The molecule has 0 saturated heterocycles. The third-order valence-electron chi connectivity index (χ3n) is 3.78. The highest BCUT2D eigenvalue weighted by Crippen LogP contribution is 2.35. The molecule has 2 N–H and O–H groups in total. The average molecular weight is 293 g/mol. The van der Waals surface area contributed by atoms with E-state index >= 15 is 0 Å². The molecule has 0 spiro atoms. The molecule has 0 aliphatic carbocycles. The maximum atomic E-state index is 13.5. The van der Waals surface area contributed by atoms with E-state index in [4.69, 9.17) is 0 Å². The van der Waals surface area contributed by atoms with Gasteiger partial charge in [0.15, 0.2) is 0 Å². The Hall–Kier alpha value is -2.95. The zero-order valence-electron chi connectivity index (χ0n) is 11.5. The first-order valence-electron chi connectivity index (χ1n) is 6.93. The van der Waals surface area contributed by atoms with Crippen molar-refractivity contribution in [2.45, 2.75) is 6.04 Å². The second-order valence-electron chi connectivity index (χ2n) is 5.18. The average Bonchev–Trinajstić information content (AvgIpc) is 2.83. The number of hydrogen-bond donors (Lipinski definition) is 2. The van der Waals surface area contributed by atoms with E-state index in [2.05, 4.69) is 15.6 Å². The van der Waals surface area contributed by atoms with Crippen LogP contribution in [0.2, 0.25) is 0 Å². The maximum Gasteiger partial charge on any atom is 0.251 e. The number of anilines is 2. The predicted octanol–water partition coefficient (Wildman–Crippen LogP) is 3.48. The Balaban J connectivity index is 1.78. The van der Waals surface area contributed by atoms with Crippen LogP contribution in [0.25, 0.3) is 10.9 Å². The number of halogens is 1. The van der Waals surface area contributed by atoms with E-state index in [9.17, 15) is 9.18 Å². The Morgan fingerprint density at radius 1 is 1.14 bits per heavy atom. The Morgan fingerprint density at radius 2 is 2.00 bits per heavy atom. The summed E-state index contributed by atoms with van der Waals surface area (Å²) in [7, 11) is 0. The lowest BCUT2D eigenvalue weighted by atomic mass is 10.1. The van der Waals surface area contributed by atoms with E-state index < -0.39 is 6.04 Å². The van der Waals surface area contributed by atoms with Crippen molar-refractivity contribution >= 4 is 28.2 Å². The summed E-state index contributed by atoms with van der Waals surface area (Å²) >= 11 is 0. The van der Waals surface area contributed by atoms with Crippen LogP contribution in [0.5, 0.6) is 0 Å². The number of hydrogen-bond acceptors (Lipinski definition) is 3. The second-order valence-corrected chi connectivity index (χ2v) is 5.18. The van der Waals surface area contributed by atoms with Crippen molar-refractivity contribution in [1.29, 1.82) is 0 Å². The molecule has 1 aliphatic heterocycles. The molecule has 1 atom stereocenters. The zero-order chi connectivity index (χ0) is 15.1. The molecule has 0 fully saturated rings. The molecule has 0 radical (unpaired) electrons. The third kappa shape index (κ3) is 1.98. The van der Waals surface area contributed by atoms with Gasteiger partial charge in [-0.15, -0.1) is 0 Å². The smallest absolute Gasteiger partial charge is 0.251 e. The molecule has 0 bridgehead atoms. The van der Waals surface area contributed by atoms with E-state index in [0.29, 0.717) is 11.3 Å². The van der Waals surface area contributed by atoms with Gasteiger partial charge in [0.1, 0.15) is 11.9 Å². The van der Waals surface area contributed by atoms with Crippen molar-refractivity contribution in [2.24, 2.45) is 0 Å². The van der Waals surface area contributed by atoms with Gasteiger partial charge in [-0.05, 0) is 30.3 Å². The summed E-state index contributed by atoms with van der Waals surface area (Å²) in [5.41, 5.74) is 2.77. The highest BCUT2D eigenvalue weighted by atomic mass is 19.1. The Kier molecular flexibility index (Phi) is 2.79. The molecule has 1 unspecified atom stereocenters. The molecule has 22 heavy (non-hydrogen) atoms. The number of benzene rings is 2. The summed E-state index contributed by atoms with van der Waals surface area (Å²) in [4.78, 5) is 16.5. The van der Waals surface area contributed by atoms with Gasteiger partial charge in [-0.1, -0.05) is 18.2 Å². The van der Waals surface area contributed by atoms with Gasteiger partial charge in [0.2, 0.25) is 0 Å². The topological polar surface area (TPSA) is 54.0 Å². The van der Waals surface area contributed by atoms with Crippen LogP contribution < -0.4 is 10.6 Å². The Morgan fingerprint density at radius 3 is 2.91 bits per heavy atom. The van der Waals surface area contributed by atoms with Crippen LogP contribution in [0.3, 0.4) is 0 Å². The SMILES string of the molecule is O=C1Nc2ccc(F)cc2C1Nc1cccc2cccnc12. The molecule has 0 saturated carbocycles. The molecule has 1 aromatic heterocycles. The van der Waals surface area contributed by atoms with Crippen molar-refractivity contribution in [1.82, 2.24) is 4.98 Å². The molecule has 108 valence electrons. The highest BCUT2D eigenvalue weighted by Gasteiger charge is 2.31. The summed E-state index contributed by atoms with van der Waals surface area (Å²) < 4.78 is 13.5. The number of amides is 1. The van der Waals surface area contributed by atoms with Gasteiger partial charge in [0, 0.05) is 22.8 Å². The molecular formula is C17H12FN3O. The number of fused-ring (bicyclic) bond motifs is 2. The fourth-order valence-electron chi connectivity index (χ4n) is 2.75. The summed E-state index contributed by atoms with van der Waals surface area (Å²) in [5, 5.41) is 6.91. The largest absolute Gasteiger partial charge is 0.368 e. The van der Waals surface area contributed by atoms with Crippen LogP contribution in [-0.4, -0.2) is 10.9 Å². The molecule has 1 amide bonds. The number of nitrogens with one attached hydrogen (secondary N) is 2. The lowest BCUT2D eigenvalue weighted by molar-refractivity contribution is -0.116. The van der Waals surface area contributed by atoms with Crippen LogP contribution in [0.4, 0.5) is 15.8 Å². The maximum absolute atomic E-state index is 13.5. The molecule has 2 heterocycles. The van der Waals surface area contributed by atoms with Crippen LogP contribution in [0.1, 0.15) is 11.6 Å². The van der Waals surface area contributed by atoms with Gasteiger partial charge in [-0.25, -0.2) is 4.39 Å². The van der Waals surface area contributed by atoms with Gasteiger partial charge in [-0.3, -0.25) is 9.78 Å². The molecule has 1 aliphatic rings. The fraction of sp³-hybridized carbons (Fsp3) is 0.0588. The number of pyridine rings is 1. The van der Waals surface area contributed by atoms with Crippen molar-refractivity contribution in [3.8, 4) is 0 Å². The molecule has 2 aromatic carbocycles. The minimum Gasteiger partial charge on any atom is -0.368 e. The monoisotopic (exact) mass is 293 g/mol. The molecule has 4 nitrogen and oxygen atoms in total. The van der Waals surface area contributed by atoms with E-state index in [-0.39, 0.29) is 11.7 Å². The first-order chi connectivity index (χ1) is 10.7. The van der Waals surface area contributed by atoms with Gasteiger partial charge in [0.05, 0.1) is 11.2 Å². The summed E-state index contributed by atoms with van der Waals surface area (Å²) in [6.07, 6.45) is 1.70. The molecule has 3 aromatic rings. The lowest BCUT2D eigenvalue weighted by Crippen LogP contribution is -2.20. The predicted molar refractivity (Wildman–Crippen MR) is 83.1 cm³/mol. The van der Waals surface area contributed by atoms with Gasteiger partial charge in [-0.2, -0.15) is 0 Å². The first kappa shape index (κ1) is 12.8. The number of aromatic nitrogens is 1. The van der Waals surface area contributed by atoms with E-state index in [1.165, 1.54) is 12.1 Å². The van der Waals surface area contributed by atoms with E-state index in [0.717, 1.165) is 16.6 Å². The van der Waals surface area contributed by atoms with E-state index in [1.807, 2.05) is 30.3 Å². The van der Waals surface area contributed by atoms with Crippen molar-refractivity contribution in [3.05, 3.63) is 66.1 Å². The minimum atomic E-state index is -0.627. The fourth-order valence-corrected chi connectivity index (χ4v) is 2.75. The number of carbonyl (C=O) groups is 1. The van der Waals surface area contributed by atoms with Crippen molar-refractivity contribution < 1.29 is 9.18 Å².